The van der Waals surface area contributed by atoms with Crippen LogP contribution < -0.4 is 21.7 Å². The minimum absolute atomic E-state index is 0.136. The monoisotopic (exact) mass is 478 g/mol. The fourth-order valence-electron chi connectivity index (χ4n) is 2.88. The molecule has 0 aromatic carbocycles. The first-order chi connectivity index (χ1) is 16.1. The van der Waals surface area contributed by atoms with E-state index in [9.17, 15) is 29.1 Å². The highest BCUT2D eigenvalue weighted by atomic mass is 16.4. The molecule has 0 aliphatic heterocycles. The molecule has 2 aromatic rings. The van der Waals surface area contributed by atoms with Crippen molar-refractivity contribution < 1.29 is 34.2 Å². The van der Waals surface area contributed by atoms with E-state index in [4.69, 9.17) is 10.8 Å². The highest BCUT2D eigenvalue weighted by Crippen LogP contribution is 2.02. The molecule has 34 heavy (non-hydrogen) atoms. The van der Waals surface area contributed by atoms with Crippen LogP contribution in [0.3, 0.4) is 0 Å². The van der Waals surface area contributed by atoms with Gasteiger partial charge in [-0.05, 0) is 6.92 Å². The Kier molecular flexibility index (Phi) is 9.25. The number of aliphatic carboxylic acids is 2. The van der Waals surface area contributed by atoms with Crippen molar-refractivity contribution in [1.82, 2.24) is 35.9 Å². The van der Waals surface area contributed by atoms with Gasteiger partial charge in [0.05, 0.1) is 25.1 Å². The van der Waals surface area contributed by atoms with Crippen LogP contribution in [0, 0.1) is 0 Å². The van der Waals surface area contributed by atoms with Crippen molar-refractivity contribution in [3.63, 3.8) is 0 Å². The number of amides is 3. The molecule has 2 aromatic heterocycles. The number of carbonyl (C=O) groups is 5. The second-order valence-corrected chi connectivity index (χ2v) is 7.46. The molecule has 2 rings (SSSR count). The van der Waals surface area contributed by atoms with Crippen LogP contribution >= 0.6 is 0 Å². The van der Waals surface area contributed by atoms with Gasteiger partial charge in [0.2, 0.25) is 17.7 Å². The third-order valence-electron chi connectivity index (χ3n) is 4.69. The van der Waals surface area contributed by atoms with Crippen molar-refractivity contribution in [3.05, 3.63) is 36.4 Å². The van der Waals surface area contributed by atoms with Crippen molar-refractivity contribution in [1.29, 1.82) is 0 Å². The van der Waals surface area contributed by atoms with Crippen LogP contribution in [0.15, 0.2) is 25.0 Å². The lowest BCUT2D eigenvalue weighted by molar-refractivity contribution is -0.143. The molecule has 0 spiro atoms. The minimum atomic E-state index is -1.59. The second kappa shape index (κ2) is 12.1. The van der Waals surface area contributed by atoms with Gasteiger partial charge >= 0.3 is 11.9 Å². The van der Waals surface area contributed by atoms with Gasteiger partial charge < -0.3 is 41.9 Å². The Morgan fingerprint density at radius 2 is 1.44 bits per heavy atom. The molecule has 0 aliphatic rings. The summed E-state index contributed by atoms with van der Waals surface area (Å²) in [6, 6.07) is -5.15. The van der Waals surface area contributed by atoms with Crippen LogP contribution in [0.25, 0.3) is 0 Å². The number of imidazole rings is 2. The number of nitrogens with zero attached hydrogens (tertiary/aromatic N) is 2. The van der Waals surface area contributed by atoms with Crippen LogP contribution in [0.2, 0.25) is 0 Å². The van der Waals surface area contributed by atoms with Gasteiger partial charge in [-0.1, -0.05) is 0 Å². The first-order valence-corrected chi connectivity index (χ1v) is 10.1. The number of nitrogens with two attached hydrogens (primary N) is 1. The number of aromatic amines is 2. The summed E-state index contributed by atoms with van der Waals surface area (Å²) in [5, 5.41) is 25.3. The number of hydrogen-bond donors (Lipinski definition) is 8. The van der Waals surface area contributed by atoms with Crippen molar-refractivity contribution in [2.24, 2.45) is 5.73 Å². The van der Waals surface area contributed by atoms with Gasteiger partial charge in [0.25, 0.3) is 0 Å². The normalized spacial score (nSPS) is 14.3. The summed E-state index contributed by atoms with van der Waals surface area (Å²) in [6.45, 7) is 1.32. The van der Waals surface area contributed by atoms with Gasteiger partial charge in [0.1, 0.15) is 18.1 Å². The zero-order chi connectivity index (χ0) is 25.3. The highest BCUT2D eigenvalue weighted by molar-refractivity contribution is 5.95. The van der Waals surface area contributed by atoms with E-state index in [1.807, 2.05) is 0 Å². The molecule has 9 N–H and O–H groups in total. The molecule has 184 valence electrons. The molecule has 4 atom stereocenters. The van der Waals surface area contributed by atoms with E-state index < -0.39 is 60.2 Å². The molecule has 15 nitrogen and oxygen atoms in total. The smallest absolute Gasteiger partial charge is 0.326 e. The molecule has 0 aliphatic carbocycles. The van der Waals surface area contributed by atoms with Gasteiger partial charge in [-0.2, -0.15) is 0 Å². The lowest BCUT2D eigenvalue weighted by atomic mass is 10.1. The number of carbonyl (C=O) groups excluding carboxylic acids is 3. The average Bonchev–Trinajstić information content (AvgIpc) is 3.46. The second-order valence-electron chi connectivity index (χ2n) is 7.46. The lowest BCUT2D eigenvalue weighted by Gasteiger charge is -2.22. The number of aromatic nitrogens is 4. The minimum Gasteiger partial charge on any atom is -0.481 e. The van der Waals surface area contributed by atoms with Crippen LogP contribution in [0.5, 0.6) is 0 Å². The molecule has 0 saturated heterocycles. The standard InChI is InChI=1S/C19H26N8O7/c1-9(25-17(31)12(20)2-10-5-21-7-23-10)16(30)26-13(4-15(28)29)18(32)27-14(19(33)34)3-11-6-22-8-24-11/h5-9,12-14H,2-4,20H2,1H3,(H,21,23)(H,22,24)(H,25,31)(H,26,30)(H,27,32)(H,28,29)(H,33,34). The third-order valence-corrected chi connectivity index (χ3v) is 4.69. The molecule has 15 heteroatoms. The maximum atomic E-state index is 12.6. The maximum absolute atomic E-state index is 12.6. The van der Waals surface area contributed by atoms with E-state index in [2.05, 4.69) is 35.9 Å². The topological polar surface area (TPSA) is 245 Å². The van der Waals surface area contributed by atoms with Crippen molar-refractivity contribution in [3.8, 4) is 0 Å². The van der Waals surface area contributed by atoms with E-state index in [0.717, 1.165) is 0 Å². The van der Waals surface area contributed by atoms with Gasteiger partial charge in [0, 0.05) is 36.6 Å². The fourth-order valence-corrected chi connectivity index (χ4v) is 2.88. The predicted molar refractivity (Wildman–Crippen MR) is 114 cm³/mol. The third kappa shape index (κ3) is 8.01. The Morgan fingerprint density at radius 1 is 0.882 bits per heavy atom. The quantitative estimate of drug-likeness (QED) is 0.148. The Labute approximate surface area is 192 Å². The summed E-state index contributed by atoms with van der Waals surface area (Å²) >= 11 is 0. The molecule has 0 bridgehead atoms. The fraction of sp³-hybridized carbons (Fsp3) is 0.421. The van der Waals surface area contributed by atoms with Gasteiger partial charge in [-0.3, -0.25) is 19.2 Å². The van der Waals surface area contributed by atoms with Crippen LogP contribution in [0.1, 0.15) is 24.7 Å². The summed E-state index contributed by atoms with van der Waals surface area (Å²) in [5.41, 5.74) is 6.85. The number of carboxylic acids is 2. The molecule has 0 saturated carbocycles. The van der Waals surface area contributed by atoms with Crippen molar-refractivity contribution in [2.45, 2.75) is 50.4 Å². The Bertz CT molecular complexity index is 992. The molecule has 2 heterocycles. The number of hydrogen-bond acceptors (Lipinski definition) is 8. The van der Waals surface area contributed by atoms with Crippen LogP contribution in [0.4, 0.5) is 0 Å². The van der Waals surface area contributed by atoms with Gasteiger partial charge in [-0.25, -0.2) is 14.8 Å². The maximum Gasteiger partial charge on any atom is 0.326 e. The van der Waals surface area contributed by atoms with E-state index in [0.29, 0.717) is 11.4 Å². The SMILES string of the molecule is CC(NC(=O)C(N)Cc1cnc[nH]1)C(=O)NC(CC(=O)O)C(=O)NC(Cc1cnc[nH]1)C(=O)O. The molecule has 3 amide bonds. The Morgan fingerprint density at radius 3 is 1.94 bits per heavy atom. The zero-order valence-corrected chi connectivity index (χ0v) is 18.1. The summed E-state index contributed by atoms with van der Waals surface area (Å²) in [7, 11) is 0. The first-order valence-electron chi connectivity index (χ1n) is 10.1. The van der Waals surface area contributed by atoms with Crippen molar-refractivity contribution >= 4 is 29.7 Å². The number of nitrogens with one attached hydrogen (secondary N) is 5. The molecule has 0 fully saturated rings. The molecule has 4 unspecified atom stereocenters. The van der Waals surface area contributed by atoms with Crippen molar-refractivity contribution in [2.75, 3.05) is 0 Å². The highest BCUT2D eigenvalue weighted by Gasteiger charge is 2.30. The van der Waals surface area contributed by atoms with E-state index in [-0.39, 0.29) is 12.8 Å². The van der Waals surface area contributed by atoms with Crippen LogP contribution in [-0.4, -0.2) is 84.0 Å². The summed E-state index contributed by atoms with van der Waals surface area (Å²) in [6.07, 6.45) is 4.81. The Balaban J connectivity index is 1.97. The Hall–Kier alpha value is -4.27. The summed E-state index contributed by atoms with van der Waals surface area (Å²) < 4.78 is 0. The lowest BCUT2D eigenvalue weighted by Crippen LogP contribution is -2.57. The van der Waals surface area contributed by atoms with Gasteiger partial charge in [-0.15, -0.1) is 0 Å². The van der Waals surface area contributed by atoms with E-state index >= 15 is 0 Å². The summed E-state index contributed by atoms with van der Waals surface area (Å²) in [4.78, 5) is 73.1. The first kappa shape index (κ1) is 26.0. The number of rotatable bonds is 13. The van der Waals surface area contributed by atoms with Gasteiger partial charge in [0.15, 0.2) is 0 Å². The number of carboxylic acid groups (broad SMARTS) is 2. The molecular formula is C19H26N8O7. The largest absolute Gasteiger partial charge is 0.481 e. The predicted octanol–water partition coefficient (Wildman–Crippen LogP) is -2.72. The van der Waals surface area contributed by atoms with E-state index in [1.54, 1.807) is 0 Å². The zero-order valence-electron chi connectivity index (χ0n) is 18.1. The number of H-pyrrole nitrogens is 2. The summed E-state index contributed by atoms with van der Waals surface area (Å²) in [5.74, 6) is -5.29. The molecule has 0 radical (unpaired) electrons. The average molecular weight is 478 g/mol. The van der Waals surface area contributed by atoms with E-state index in [1.165, 1.54) is 32.0 Å². The van der Waals surface area contributed by atoms with Crippen LogP contribution in [-0.2, 0) is 36.8 Å². The molecular weight excluding hydrogens is 452 g/mol.